The molecule has 1 aliphatic heterocycles. The molecule has 0 spiro atoms. The van der Waals surface area contributed by atoms with Gasteiger partial charge in [-0.25, -0.2) is 0 Å². The van der Waals surface area contributed by atoms with Gasteiger partial charge in [0.25, 0.3) is 0 Å². The number of aromatic nitrogens is 1. The van der Waals surface area contributed by atoms with Crippen LogP contribution in [0.25, 0.3) is 11.1 Å². The minimum Gasteiger partial charge on any atom is -0.356 e. The molecule has 1 aromatic heterocycles. The van der Waals surface area contributed by atoms with Crippen LogP contribution in [0.5, 0.6) is 0 Å². The molecule has 0 amide bonds. The highest BCUT2D eigenvalue weighted by Gasteiger charge is 2.12. The number of nitrogens with one attached hydrogen (secondary N) is 2. The number of benzene rings is 1. The summed E-state index contributed by atoms with van der Waals surface area (Å²) in [6.45, 7) is 3.76. The molecule has 0 bridgehead atoms. The number of nitrogens with zero attached hydrogens (tertiary/aromatic N) is 1. The Bertz CT molecular complexity index is 600. The van der Waals surface area contributed by atoms with E-state index in [0.717, 1.165) is 43.1 Å². The fourth-order valence-corrected chi connectivity index (χ4v) is 2.40. The van der Waals surface area contributed by atoms with Gasteiger partial charge < -0.3 is 15.2 Å². The van der Waals surface area contributed by atoms with Gasteiger partial charge >= 0.3 is 0 Å². The van der Waals surface area contributed by atoms with E-state index >= 15 is 0 Å². The average Bonchev–Trinajstić information content (AvgIpc) is 2.48. The van der Waals surface area contributed by atoms with Crippen molar-refractivity contribution < 1.29 is 0 Å². The lowest BCUT2D eigenvalue weighted by Crippen LogP contribution is -2.44. The van der Waals surface area contributed by atoms with Gasteiger partial charge in [-0.3, -0.25) is 4.79 Å². The van der Waals surface area contributed by atoms with Crippen molar-refractivity contribution in [2.75, 3.05) is 31.1 Å². The highest BCUT2D eigenvalue weighted by molar-refractivity contribution is 5.66. The number of H-pyrrole nitrogens is 1. The third-order valence-electron chi connectivity index (χ3n) is 3.39. The van der Waals surface area contributed by atoms with Crippen LogP contribution in [-0.2, 0) is 0 Å². The first kappa shape index (κ1) is 12.0. The average molecular weight is 255 g/mol. The summed E-state index contributed by atoms with van der Waals surface area (Å²) in [4.78, 5) is 17.0. The van der Waals surface area contributed by atoms with Crippen LogP contribution in [0.15, 0.2) is 47.3 Å². The summed E-state index contributed by atoms with van der Waals surface area (Å²) in [6.07, 6.45) is 0. The van der Waals surface area contributed by atoms with Crippen LogP contribution in [0, 0.1) is 0 Å². The van der Waals surface area contributed by atoms with Crippen LogP contribution in [0.2, 0.25) is 0 Å². The van der Waals surface area contributed by atoms with Crippen LogP contribution in [0.1, 0.15) is 0 Å². The van der Waals surface area contributed by atoms with Crippen LogP contribution in [-0.4, -0.2) is 31.2 Å². The van der Waals surface area contributed by atoms with Crippen molar-refractivity contribution in [3.63, 3.8) is 0 Å². The van der Waals surface area contributed by atoms with E-state index in [9.17, 15) is 4.79 Å². The molecule has 0 radical (unpaired) electrons. The number of aromatic amines is 1. The molecule has 2 aromatic rings. The molecule has 4 nitrogen and oxygen atoms in total. The maximum atomic E-state index is 11.8. The maximum Gasteiger partial charge on any atom is 0.250 e. The molecule has 1 saturated heterocycles. The minimum absolute atomic E-state index is 0.0464. The van der Waals surface area contributed by atoms with E-state index in [0.29, 0.717) is 0 Å². The SMILES string of the molecule is O=c1cc(-c2ccccc2)cc(N2CCNCC2)[nH]1. The molecule has 19 heavy (non-hydrogen) atoms. The van der Waals surface area contributed by atoms with Crippen molar-refractivity contribution in [2.45, 2.75) is 0 Å². The Balaban J connectivity index is 1.98. The molecule has 1 fully saturated rings. The van der Waals surface area contributed by atoms with E-state index in [-0.39, 0.29) is 5.56 Å². The monoisotopic (exact) mass is 255 g/mol. The van der Waals surface area contributed by atoms with Crippen molar-refractivity contribution in [3.05, 3.63) is 52.8 Å². The first-order chi connectivity index (χ1) is 9.33. The first-order valence-electron chi connectivity index (χ1n) is 6.58. The molecule has 0 aliphatic carbocycles. The second-order valence-electron chi connectivity index (χ2n) is 4.72. The minimum atomic E-state index is -0.0464. The van der Waals surface area contributed by atoms with E-state index in [1.54, 1.807) is 6.07 Å². The van der Waals surface area contributed by atoms with Gasteiger partial charge in [0.15, 0.2) is 0 Å². The molecule has 98 valence electrons. The molecule has 3 rings (SSSR count). The predicted molar refractivity (Wildman–Crippen MR) is 77.6 cm³/mol. The fraction of sp³-hybridized carbons (Fsp3) is 0.267. The van der Waals surface area contributed by atoms with Crippen molar-refractivity contribution in [1.82, 2.24) is 10.3 Å². The van der Waals surface area contributed by atoms with Crippen LogP contribution in [0.3, 0.4) is 0 Å². The van der Waals surface area contributed by atoms with Crippen LogP contribution < -0.4 is 15.8 Å². The largest absolute Gasteiger partial charge is 0.356 e. The maximum absolute atomic E-state index is 11.8. The summed E-state index contributed by atoms with van der Waals surface area (Å²) in [5, 5.41) is 3.31. The van der Waals surface area contributed by atoms with Gasteiger partial charge in [-0.05, 0) is 17.2 Å². The number of rotatable bonds is 2. The summed E-state index contributed by atoms with van der Waals surface area (Å²) in [6, 6.07) is 13.7. The summed E-state index contributed by atoms with van der Waals surface area (Å²) in [5.41, 5.74) is 2.00. The zero-order valence-corrected chi connectivity index (χ0v) is 10.7. The Kier molecular flexibility index (Phi) is 3.33. The van der Waals surface area contributed by atoms with Gasteiger partial charge in [0.2, 0.25) is 5.56 Å². The highest BCUT2D eigenvalue weighted by Crippen LogP contribution is 2.21. The highest BCUT2D eigenvalue weighted by atomic mass is 16.1. The zero-order chi connectivity index (χ0) is 13.1. The Labute approximate surface area is 112 Å². The molecular formula is C15H17N3O. The van der Waals surface area contributed by atoms with Gasteiger partial charge in [0.1, 0.15) is 5.82 Å². The molecule has 0 atom stereocenters. The van der Waals surface area contributed by atoms with E-state index in [2.05, 4.69) is 21.3 Å². The second-order valence-corrected chi connectivity index (χ2v) is 4.72. The number of hydrogen-bond acceptors (Lipinski definition) is 3. The van der Waals surface area contributed by atoms with Crippen molar-refractivity contribution in [2.24, 2.45) is 0 Å². The predicted octanol–water partition coefficient (Wildman–Crippen LogP) is 1.45. The van der Waals surface area contributed by atoms with Crippen molar-refractivity contribution in [1.29, 1.82) is 0 Å². The molecule has 2 N–H and O–H groups in total. The zero-order valence-electron chi connectivity index (χ0n) is 10.7. The molecule has 0 unspecified atom stereocenters. The summed E-state index contributed by atoms with van der Waals surface area (Å²) < 4.78 is 0. The van der Waals surface area contributed by atoms with E-state index < -0.39 is 0 Å². The van der Waals surface area contributed by atoms with Gasteiger partial charge in [-0.15, -0.1) is 0 Å². The number of hydrogen-bond donors (Lipinski definition) is 2. The summed E-state index contributed by atoms with van der Waals surface area (Å²) >= 11 is 0. The van der Waals surface area contributed by atoms with Gasteiger partial charge in [0, 0.05) is 32.2 Å². The standard InChI is InChI=1S/C15H17N3O/c19-15-11-13(12-4-2-1-3-5-12)10-14(17-15)18-8-6-16-7-9-18/h1-5,10-11,16H,6-9H2,(H,17,19). The molecule has 0 saturated carbocycles. The van der Waals surface area contributed by atoms with E-state index in [4.69, 9.17) is 0 Å². The van der Waals surface area contributed by atoms with Crippen LogP contribution in [0.4, 0.5) is 5.82 Å². The summed E-state index contributed by atoms with van der Waals surface area (Å²) in [7, 11) is 0. The topological polar surface area (TPSA) is 48.1 Å². The van der Waals surface area contributed by atoms with Crippen LogP contribution >= 0.6 is 0 Å². The van der Waals surface area contributed by atoms with E-state index in [1.165, 1.54) is 0 Å². The van der Waals surface area contributed by atoms with Gasteiger partial charge in [0.05, 0.1) is 0 Å². The molecule has 2 heterocycles. The molecule has 4 heteroatoms. The lowest BCUT2D eigenvalue weighted by atomic mass is 10.1. The van der Waals surface area contributed by atoms with Crippen molar-refractivity contribution >= 4 is 5.82 Å². The Morgan fingerprint density at radius 3 is 2.42 bits per heavy atom. The molecular weight excluding hydrogens is 238 g/mol. The molecule has 1 aromatic carbocycles. The Morgan fingerprint density at radius 2 is 1.68 bits per heavy atom. The third-order valence-corrected chi connectivity index (χ3v) is 3.39. The number of piperazine rings is 1. The van der Waals surface area contributed by atoms with Crippen molar-refractivity contribution in [3.8, 4) is 11.1 Å². The number of pyridine rings is 1. The smallest absolute Gasteiger partial charge is 0.250 e. The fourth-order valence-electron chi connectivity index (χ4n) is 2.40. The van der Waals surface area contributed by atoms with Gasteiger partial charge in [-0.2, -0.15) is 0 Å². The quantitative estimate of drug-likeness (QED) is 0.854. The lowest BCUT2D eigenvalue weighted by molar-refractivity contribution is 0.584. The second kappa shape index (κ2) is 5.28. The first-order valence-corrected chi connectivity index (χ1v) is 6.58. The third kappa shape index (κ3) is 2.69. The Morgan fingerprint density at radius 1 is 0.947 bits per heavy atom. The van der Waals surface area contributed by atoms with Gasteiger partial charge in [-0.1, -0.05) is 30.3 Å². The van der Waals surface area contributed by atoms with E-state index in [1.807, 2.05) is 30.3 Å². The Hall–Kier alpha value is -2.07. The number of anilines is 1. The lowest BCUT2D eigenvalue weighted by Gasteiger charge is -2.29. The normalized spacial score (nSPS) is 15.5. The summed E-state index contributed by atoms with van der Waals surface area (Å²) in [5.74, 6) is 0.910. The molecule has 1 aliphatic rings.